The van der Waals surface area contributed by atoms with Crippen LogP contribution in [0.3, 0.4) is 0 Å². The summed E-state index contributed by atoms with van der Waals surface area (Å²) in [6, 6.07) is 2.37. The van der Waals surface area contributed by atoms with Gasteiger partial charge in [0.25, 0.3) is 0 Å². The number of carboxylic acids is 1. The van der Waals surface area contributed by atoms with Crippen molar-refractivity contribution in [2.24, 2.45) is 0 Å². The molecule has 1 aromatic rings. The zero-order valence-corrected chi connectivity index (χ0v) is 10.2. The van der Waals surface area contributed by atoms with Crippen LogP contribution in [-0.4, -0.2) is 28.6 Å². The zero-order valence-electron chi connectivity index (χ0n) is 10.2. The molecule has 2 rings (SSSR count). The molecule has 0 amide bonds. The SMILES string of the molecule is CCN(Cc1ccoc1C(=O)O)C1CCCC1. The number of carboxylic acid groups (broad SMARTS) is 1. The van der Waals surface area contributed by atoms with E-state index < -0.39 is 5.97 Å². The number of aromatic carboxylic acids is 1. The largest absolute Gasteiger partial charge is 0.475 e. The Morgan fingerprint density at radius 3 is 2.82 bits per heavy atom. The topological polar surface area (TPSA) is 53.7 Å². The van der Waals surface area contributed by atoms with E-state index in [4.69, 9.17) is 9.52 Å². The summed E-state index contributed by atoms with van der Waals surface area (Å²) >= 11 is 0. The van der Waals surface area contributed by atoms with Crippen LogP contribution in [0.15, 0.2) is 16.7 Å². The summed E-state index contributed by atoms with van der Waals surface area (Å²) in [4.78, 5) is 13.3. The van der Waals surface area contributed by atoms with Crippen molar-refractivity contribution in [3.8, 4) is 0 Å². The molecule has 1 heterocycles. The van der Waals surface area contributed by atoms with E-state index >= 15 is 0 Å². The molecule has 0 saturated heterocycles. The van der Waals surface area contributed by atoms with Gasteiger partial charge in [-0.2, -0.15) is 0 Å². The Bertz CT molecular complexity index is 380. The molecule has 1 saturated carbocycles. The monoisotopic (exact) mass is 237 g/mol. The fourth-order valence-electron chi connectivity index (χ4n) is 2.64. The maximum Gasteiger partial charge on any atom is 0.372 e. The van der Waals surface area contributed by atoms with Gasteiger partial charge in [-0.3, -0.25) is 4.90 Å². The predicted molar refractivity (Wildman–Crippen MR) is 64.0 cm³/mol. The van der Waals surface area contributed by atoms with Crippen LogP contribution in [0.2, 0.25) is 0 Å². The van der Waals surface area contributed by atoms with Gasteiger partial charge in [-0.1, -0.05) is 19.8 Å². The molecule has 0 aliphatic heterocycles. The normalized spacial score (nSPS) is 16.8. The number of hydrogen-bond donors (Lipinski definition) is 1. The van der Waals surface area contributed by atoms with Crippen molar-refractivity contribution in [2.45, 2.75) is 45.2 Å². The van der Waals surface area contributed by atoms with Gasteiger partial charge in [0.2, 0.25) is 5.76 Å². The van der Waals surface area contributed by atoms with Gasteiger partial charge in [-0.25, -0.2) is 4.79 Å². The predicted octanol–water partition coefficient (Wildman–Crippen LogP) is 2.74. The summed E-state index contributed by atoms with van der Waals surface area (Å²) in [6.07, 6.45) is 6.50. The molecule has 94 valence electrons. The van der Waals surface area contributed by atoms with Crippen molar-refractivity contribution < 1.29 is 14.3 Å². The summed E-state index contributed by atoms with van der Waals surface area (Å²) < 4.78 is 5.01. The molecule has 0 bridgehead atoms. The Kier molecular flexibility index (Phi) is 3.84. The third-order valence-corrected chi connectivity index (χ3v) is 3.56. The lowest BCUT2D eigenvalue weighted by molar-refractivity contribution is 0.0658. The van der Waals surface area contributed by atoms with Crippen LogP contribution >= 0.6 is 0 Å². The van der Waals surface area contributed by atoms with Crippen LogP contribution in [0.25, 0.3) is 0 Å². The van der Waals surface area contributed by atoms with E-state index in [2.05, 4.69) is 11.8 Å². The van der Waals surface area contributed by atoms with Crippen molar-refractivity contribution in [3.05, 3.63) is 23.7 Å². The van der Waals surface area contributed by atoms with Crippen LogP contribution in [0.4, 0.5) is 0 Å². The zero-order chi connectivity index (χ0) is 12.3. The number of carbonyl (C=O) groups is 1. The molecule has 0 atom stereocenters. The molecule has 0 radical (unpaired) electrons. The summed E-state index contributed by atoms with van der Waals surface area (Å²) in [7, 11) is 0. The Labute approximate surface area is 101 Å². The number of nitrogens with zero attached hydrogens (tertiary/aromatic N) is 1. The minimum Gasteiger partial charge on any atom is -0.475 e. The fraction of sp³-hybridized carbons (Fsp3) is 0.615. The van der Waals surface area contributed by atoms with E-state index in [1.165, 1.54) is 31.9 Å². The second-order valence-electron chi connectivity index (χ2n) is 4.58. The van der Waals surface area contributed by atoms with Crippen LogP contribution in [-0.2, 0) is 6.54 Å². The highest BCUT2D eigenvalue weighted by Crippen LogP contribution is 2.25. The van der Waals surface area contributed by atoms with Crippen LogP contribution in [0, 0.1) is 0 Å². The van der Waals surface area contributed by atoms with E-state index in [0.29, 0.717) is 12.6 Å². The molecular formula is C13H19NO3. The molecule has 4 heteroatoms. The summed E-state index contributed by atoms with van der Waals surface area (Å²) in [5, 5.41) is 8.99. The van der Waals surface area contributed by atoms with Gasteiger partial charge in [0.1, 0.15) is 0 Å². The molecule has 0 unspecified atom stereocenters. The second-order valence-corrected chi connectivity index (χ2v) is 4.58. The molecule has 4 nitrogen and oxygen atoms in total. The third-order valence-electron chi connectivity index (χ3n) is 3.56. The van der Waals surface area contributed by atoms with E-state index in [0.717, 1.165) is 12.1 Å². The first kappa shape index (κ1) is 12.2. The molecule has 1 fully saturated rings. The van der Waals surface area contributed by atoms with Gasteiger partial charge in [-0.15, -0.1) is 0 Å². The first-order valence-corrected chi connectivity index (χ1v) is 6.26. The van der Waals surface area contributed by atoms with Crippen molar-refractivity contribution in [1.82, 2.24) is 4.90 Å². The Hall–Kier alpha value is -1.29. The molecule has 1 N–H and O–H groups in total. The Morgan fingerprint density at radius 1 is 1.53 bits per heavy atom. The van der Waals surface area contributed by atoms with Crippen molar-refractivity contribution >= 4 is 5.97 Å². The van der Waals surface area contributed by atoms with Gasteiger partial charge in [0.15, 0.2) is 0 Å². The summed E-state index contributed by atoms with van der Waals surface area (Å²) in [6.45, 7) is 3.76. The maximum atomic E-state index is 11.0. The summed E-state index contributed by atoms with van der Waals surface area (Å²) in [5.41, 5.74) is 0.784. The molecule has 1 aromatic heterocycles. The number of rotatable bonds is 5. The maximum absolute atomic E-state index is 11.0. The molecule has 17 heavy (non-hydrogen) atoms. The molecule has 0 aromatic carbocycles. The minimum atomic E-state index is -0.979. The van der Waals surface area contributed by atoms with Crippen LogP contribution in [0.5, 0.6) is 0 Å². The lowest BCUT2D eigenvalue weighted by Gasteiger charge is -2.26. The van der Waals surface area contributed by atoms with Gasteiger partial charge in [0.05, 0.1) is 6.26 Å². The first-order chi connectivity index (χ1) is 8.22. The smallest absolute Gasteiger partial charge is 0.372 e. The fourth-order valence-corrected chi connectivity index (χ4v) is 2.64. The first-order valence-electron chi connectivity index (χ1n) is 6.26. The third kappa shape index (κ3) is 2.69. The lowest BCUT2D eigenvalue weighted by atomic mass is 10.1. The quantitative estimate of drug-likeness (QED) is 0.855. The Morgan fingerprint density at radius 2 is 2.24 bits per heavy atom. The van der Waals surface area contributed by atoms with E-state index in [9.17, 15) is 4.79 Å². The average molecular weight is 237 g/mol. The minimum absolute atomic E-state index is 0.0847. The highest BCUT2D eigenvalue weighted by Gasteiger charge is 2.23. The molecule has 0 spiro atoms. The van der Waals surface area contributed by atoms with Crippen LogP contribution in [0.1, 0.15) is 48.7 Å². The highest BCUT2D eigenvalue weighted by atomic mass is 16.4. The number of furan rings is 1. The van der Waals surface area contributed by atoms with Crippen molar-refractivity contribution in [1.29, 1.82) is 0 Å². The van der Waals surface area contributed by atoms with E-state index in [-0.39, 0.29) is 5.76 Å². The van der Waals surface area contributed by atoms with Gasteiger partial charge >= 0.3 is 5.97 Å². The van der Waals surface area contributed by atoms with Gasteiger partial charge in [0, 0.05) is 18.2 Å². The molecular weight excluding hydrogens is 218 g/mol. The standard InChI is InChI=1S/C13H19NO3/c1-2-14(11-5-3-4-6-11)9-10-7-8-17-12(10)13(15)16/h7-8,11H,2-6,9H2,1H3,(H,15,16). The van der Waals surface area contributed by atoms with Gasteiger partial charge < -0.3 is 9.52 Å². The van der Waals surface area contributed by atoms with Crippen molar-refractivity contribution in [3.63, 3.8) is 0 Å². The highest BCUT2D eigenvalue weighted by molar-refractivity contribution is 5.86. The average Bonchev–Trinajstić information content (AvgIpc) is 2.96. The van der Waals surface area contributed by atoms with Gasteiger partial charge in [-0.05, 0) is 25.5 Å². The summed E-state index contributed by atoms with van der Waals surface area (Å²) in [5.74, 6) is -0.895. The number of hydrogen-bond acceptors (Lipinski definition) is 3. The molecule has 1 aliphatic rings. The molecule has 1 aliphatic carbocycles. The van der Waals surface area contributed by atoms with Crippen LogP contribution < -0.4 is 0 Å². The van der Waals surface area contributed by atoms with E-state index in [1.807, 2.05) is 0 Å². The van der Waals surface area contributed by atoms with E-state index in [1.54, 1.807) is 6.07 Å². The Balaban J connectivity index is 2.06. The van der Waals surface area contributed by atoms with Crippen molar-refractivity contribution in [2.75, 3.05) is 6.54 Å². The lowest BCUT2D eigenvalue weighted by Crippen LogP contribution is -2.32. The second kappa shape index (κ2) is 5.36.